The highest BCUT2D eigenvalue weighted by molar-refractivity contribution is 5.95. The van der Waals surface area contributed by atoms with Crippen LogP contribution in [0.25, 0.3) is 0 Å². The summed E-state index contributed by atoms with van der Waals surface area (Å²) in [6, 6.07) is 5.35. The first kappa shape index (κ1) is 15.8. The van der Waals surface area contributed by atoms with Gasteiger partial charge >= 0.3 is 5.97 Å². The van der Waals surface area contributed by atoms with Crippen molar-refractivity contribution in [3.05, 3.63) is 29.3 Å². The number of anilines is 1. The highest BCUT2D eigenvalue weighted by Crippen LogP contribution is 2.34. The molecule has 1 aromatic carbocycles. The number of benzene rings is 1. The van der Waals surface area contributed by atoms with Crippen LogP contribution < -0.4 is 5.73 Å². The number of nitrogens with zero attached hydrogens (tertiary/aromatic N) is 1. The molecule has 1 fully saturated rings. The maximum absolute atomic E-state index is 11.4. The Labute approximate surface area is 126 Å². The zero-order valence-corrected chi connectivity index (χ0v) is 13.2. The molecule has 1 aliphatic heterocycles. The molecule has 0 spiro atoms. The third kappa shape index (κ3) is 3.76. The van der Waals surface area contributed by atoms with Gasteiger partial charge < -0.3 is 10.8 Å². The second-order valence-corrected chi connectivity index (χ2v) is 7.10. The summed E-state index contributed by atoms with van der Waals surface area (Å²) in [6.45, 7) is 9.62. The van der Waals surface area contributed by atoms with Gasteiger partial charge in [0.05, 0.1) is 5.56 Å². The molecule has 4 nitrogen and oxygen atoms in total. The van der Waals surface area contributed by atoms with Gasteiger partial charge in [-0.1, -0.05) is 32.9 Å². The molecule has 4 heteroatoms. The van der Waals surface area contributed by atoms with Crippen molar-refractivity contribution in [1.29, 1.82) is 0 Å². The lowest BCUT2D eigenvalue weighted by Crippen LogP contribution is -2.37. The van der Waals surface area contributed by atoms with Gasteiger partial charge in [-0.2, -0.15) is 0 Å². The molecule has 1 aromatic rings. The van der Waals surface area contributed by atoms with E-state index in [1.165, 1.54) is 12.8 Å². The average Bonchev–Trinajstić information content (AvgIpc) is 2.38. The molecule has 0 atom stereocenters. The quantitative estimate of drug-likeness (QED) is 0.839. The maximum Gasteiger partial charge on any atom is 0.338 e. The third-order valence-corrected chi connectivity index (χ3v) is 4.60. The monoisotopic (exact) mass is 290 g/mol. The number of likely N-dealkylation sites (tertiary alicyclic amines) is 1. The van der Waals surface area contributed by atoms with E-state index < -0.39 is 5.97 Å². The molecule has 2 rings (SSSR count). The summed E-state index contributed by atoms with van der Waals surface area (Å²) in [7, 11) is 0. The molecule has 1 heterocycles. The Kier molecular flexibility index (Phi) is 4.57. The van der Waals surface area contributed by atoms with Crippen LogP contribution in [0.2, 0.25) is 0 Å². The van der Waals surface area contributed by atoms with Crippen molar-refractivity contribution in [1.82, 2.24) is 4.90 Å². The van der Waals surface area contributed by atoms with Crippen LogP contribution in [0.3, 0.4) is 0 Å². The number of nitrogens with two attached hydrogens (primary N) is 1. The average molecular weight is 290 g/mol. The summed E-state index contributed by atoms with van der Waals surface area (Å²) >= 11 is 0. The minimum atomic E-state index is -0.937. The van der Waals surface area contributed by atoms with Crippen molar-refractivity contribution in [2.45, 2.75) is 40.2 Å². The molecule has 21 heavy (non-hydrogen) atoms. The Hall–Kier alpha value is -1.55. The van der Waals surface area contributed by atoms with Crippen LogP contribution in [0, 0.1) is 11.3 Å². The second kappa shape index (κ2) is 6.06. The highest BCUT2D eigenvalue weighted by atomic mass is 16.4. The van der Waals surface area contributed by atoms with Crippen LogP contribution in [0.5, 0.6) is 0 Å². The van der Waals surface area contributed by atoms with E-state index in [1.54, 1.807) is 6.07 Å². The first-order valence-corrected chi connectivity index (χ1v) is 7.62. The SMILES string of the molecule is CC(C)(C)C1CCN(Cc2cccc(N)c2C(=O)O)CC1. The molecule has 0 aliphatic carbocycles. The Morgan fingerprint density at radius 1 is 1.33 bits per heavy atom. The lowest BCUT2D eigenvalue weighted by atomic mass is 9.75. The van der Waals surface area contributed by atoms with Crippen molar-refractivity contribution >= 4 is 11.7 Å². The van der Waals surface area contributed by atoms with Gasteiger partial charge in [-0.15, -0.1) is 0 Å². The van der Waals surface area contributed by atoms with Crippen LogP contribution in [-0.4, -0.2) is 29.1 Å². The first-order chi connectivity index (χ1) is 9.79. The molecular formula is C17H26N2O2. The van der Waals surface area contributed by atoms with E-state index >= 15 is 0 Å². The highest BCUT2D eigenvalue weighted by Gasteiger charge is 2.29. The van der Waals surface area contributed by atoms with E-state index in [0.717, 1.165) is 24.6 Å². The van der Waals surface area contributed by atoms with Crippen molar-refractivity contribution in [2.75, 3.05) is 18.8 Å². The van der Waals surface area contributed by atoms with E-state index in [4.69, 9.17) is 5.73 Å². The zero-order chi connectivity index (χ0) is 15.6. The van der Waals surface area contributed by atoms with Gasteiger partial charge in [0.25, 0.3) is 0 Å². The van der Waals surface area contributed by atoms with Crippen LogP contribution in [-0.2, 0) is 6.54 Å². The molecule has 0 bridgehead atoms. The van der Waals surface area contributed by atoms with Gasteiger partial charge in [-0.05, 0) is 48.9 Å². The number of hydrogen-bond donors (Lipinski definition) is 2. The zero-order valence-electron chi connectivity index (χ0n) is 13.2. The topological polar surface area (TPSA) is 66.6 Å². The number of piperidine rings is 1. The molecule has 0 unspecified atom stereocenters. The van der Waals surface area contributed by atoms with Crippen LogP contribution in [0.1, 0.15) is 49.5 Å². The Bertz CT molecular complexity index is 512. The number of carboxylic acid groups (broad SMARTS) is 1. The molecule has 0 radical (unpaired) electrons. The molecule has 0 aromatic heterocycles. The third-order valence-electron chi connectivity index (χ3n) is 4.60. The lowest BCUT2D eigenvalue weighted by molar-refractivity contribution is 0.0693. The summed E-state index contributed by atoms with van der Waals surface area (Å²) in [5.74, 6) is -0.193. The van der Waals surface area contributed by atoms with E-state index in [2.05, 4.69) is 25.7 Å². The molecule has 0 saturated carbocycles. The van der Waals surface area contributed by atoms with Gasteiger partial charge in [0.15, 0.2) is 0 Å². The van der Waals surface area contributed by atoms with Crippen molar-refractivity contribution in [3.8, 4) is 0 Å². The fraction of sp³-hybridized carbons (Fsp3) is 0.588. The summed E-state index contributed by atoms with van der Waals surface area (Å²) in [6.07, 6.45) is 2.35. The van der Waals surface area contributed by atoms with Crippen molar-refractivity contribution < 1.29 is 9.90 Å². The summed E-state index contributed by atoms with van der Waals surface area (Å²) in [5.41, 5.74) is 7.59. The van der Waals surface area contributed by atoms with Gasteiger partial charge in [-0.25, -0.2) is 4.79 Å². The van der Waals surface area contributed by atoms with Crippen LogP contribution >= 0.6 is 0 Å². The number of nitrogen functional groups attached to an aromatic ring is 1. The van der Waals surface area contributed by atoms with Crippen molar-refractivity contribution in [3.63, 3.8) is 0 Å². The Morgan fingerprint density at radius 3 is 2.48 bits per heavy atom. The number of carbonyl (C=O) groups is 1. The summed E-state index contributed by atoms with van der Waals surface area (Å²) in [5, 5.41) is 9.33. The van der Waals surface area contributed by atoms with E-state index in [1.807, 2.05) is 12.1 Å². The summed E-state index contributed by atoms with van der Waals surface area (Å²) < 4.78 is 0. The Balaban J connectivity index is 2.05. The molecule has 116 valence electrons. The fourth-order valence-corrected chi connectivity index (χ4v) is 3.21. The molecule has 3 N–H and O–H groups in total. The molecular weight excluding hydrogens is 264 g/mol. The second-order valence-electron chi connectivity index (χ2n) is 7.10. The van der Waals surface area contributed by atoms with Crippen molar-refractivity contribution in [2.24, 2.45) is 11.3 Å². The molecule has 1 saturated heterocycles. The number of carboxylic acids is 1. The minimum Gasteiger partial charge on any atom is -0.478 e. The first-order valence-electron chi connectivity index (χ1n) is 7.62. The van der Waals surface area contributed by atoms with Gasteiger partial charge in [-0.3, -0.25) is 4.90 Å². The summed E-state index contributed by atoms with van der Waals surface area (Å²) in [4.78, 5) is 13.7. The van der Waals surface area contributed by atoms with E-state index in [0.29, 0.717) is 17.6 Å². The number of rotatable bonds is 3. The Morgan fingerprint density at radius 2 is 1.95 bits per heavy atom. The predicted octanol–water partition coefficient (Wildman–Crippen LogP) is 3.23. The fourth-order valence-electron chi connectivity index (χ4n) is 3.21. The molecule has 1 aliphatic rings. The van der Waals surface area contributed by atoms with Gasteiger partial charge in [0, 0.05) is 12.2 Å². The largest absolute Gasteiger partial charge is 0.478 e. The number of aromatic carboxylic acids is 1. The normalized spacial score (nSPS) is 17.9. The van der Waals surface area contributed by atoms with E-state index in [-0.39, 0.29) is 5.56 Å². The lowest BCUT2D eigenvalue weighted by Gasteiger charge is -2.39. The van der Waals surface area contributed by atoms with Gasteiger partial charge in [0.2, 0.25) is 0 Å². The smallest absolute Gasteiger partial charge is 0.338 e. The van der Waals surface area contributed by atoms with Crippen LogP contribution in [0.15, 0.2) is 18.2 Å². The number of hydrogen-bond acceptors (Lipinski definition) is 3. The maximum atomic E-state index is 11.4. The van der Waals surface area contributed by atoms with Crippen LogP contribution in [0.4, 0.5) is 5.69 Å². The van der Waals surface area contributed by atoms with Gasteiger partial charge in [0.1, 0.15) is 0 Å². The molecule has 0 amide bonds. The minimum absolute atomic E-state index is 0.260. The standard InChI is InChI=1S/C17H26N2O2/c1-17(2,3)13-7-9-19(10-8-13)11-12-5-4-6-14(18)15(12)16(20)21/h4-6,13H,7-11,18H2,1-3H3,(H,20,21). The van der Waals surface area contributed by atoms with E-state index in [9.17, 15) is 9.90 Å². The predicted molar refractivity (Wildman–Crippen MR) is 85.3 cm³/mol.